The molecule has 0 bridgehead atoms. The standard InChI is InChI=1S/C23H20N4O4.Na/c24-13-18-17(12-19(27-23(18)25)16-4-1-2-5-20(16)28)14-8-10-15(11-9-14)26-21(29)6-3-7-22(30)31;/h1-2,4-5,8-12,28H,3,6-7H2,(H2,25,27)(H,26,29)(H,30,31);/q;+1/p-1. The Hall–Kier alpha value is -3.38. The second-order valence-electron chi connectivity index (χ2n) is 6.80. The van der Waals surface area contributed by atoms with Gasteiger partial charge in [0.25, 0.3) is 0 Å². The van der Waals surface area contributed by atoms with Crippen molar-refractivity contribution in [1.29, 1.82) is 5.26 Å². The predicted octanol–water partition coefficient (Wildman–Crippen LogP) is -0.562. The minimum absolute atomic E-state index is 0. The molecule has 2 aromatic carbocycles. The summed E-state index contributed by atoms with van der Waals surface area (Å²) in [7, 11) is 0. The maximum Gasteiger partial charge on any atom is 1.00 e. The van der Waals surface area contributed by atoms with Gasteiger partial charge in [0, 0.05) is 29.2 Å². The molecule has 0 spiro atoms. The summed E-state index contributed by atoms with van der Waals surface area (Å²) in [6.45, 7) is 0. The molecule has 1 heterocycles. The largest absolute Gasteiger partial charge is 1.00 e. The van der Waals surface area contributed by atoms with E-state index in [9.17, 15) is 25.1 Å². The molecule has 0 aliphatic rings. The van der Waals surface area contributed by atoms with Crippen molar-refractivity contribution < 1.29 is 49.4 Å². The number of para-hydroxylation sites is 1. The Labute approximate surface area is 207 Å². The number of hydrogen-bond acceptors (Lipinski definition) is 7. The molecule has 0 atom stereocenters. The maximum absolute atomic E-state index is 11.9. The summed E-state index contributed by atoms with van der Waals surface area (Å²) in [4.78, 5) is 26.6. The molecule has 3 aromatic rings. The second-order valence-corrected chi connectivity index (χ2v) is 6.80. The first kappa shape index (κ1) is 24.9. The molecule has 32 heavy (non-hydrogen) atoms. The van der Waals surface area contributed by atoms with Gasteiger partial charge in [-0.1, -0.05) is 24.3 Å². The van der Waals surface area contributed by atoms with E-state index in [-0.39, 0.29) is 71.9 Å². The summed E-state index contributed by atoms with van der Waals surface area (Å²) < 4.78 is 0. The van der Waals surface area contributed by atoms with Crippen molar-refractivity contribution in [3.8, 4) is 34.2 Å². The van der Waals surface area contributed by atoms with Crippen molar-refractivity contribution in [3.05, 3.63) is 60.2 Å². The molecular formula is C23H19N4NaO4. The Kier molecular flexibility index (Phi) is 8.79. The van der Waals surface area contributed by atoms with Crippen molar-refractivity contribution in [1.82, 2.24) is 4.98 Å². The number of nitrogens with one attached hydrogen (secondary N) is 1. The van der Waals surface area contributed by atoms with Crippen LogP contribution >= 0.6 is 0 Å². The monoisotopic (exact) mass is 438 g/mol. The van der Waals surface area contributed by atoms with Gasteiger partial charge in [-0.25, -0.2) is 4.98 Å². The van der Waals surface area contributed by atoms with Gasteiger partial charge in [-0.15, -0.1) is 0 Å². The van der Waals surface area contributed by atoms with Crippen molar-refractivity contribution in [2.24, 2.45) is 0 Å². The number of carboxylic acid groups (broad SMARTS) is 1. The number of nitrogens with two attached hydrogens (primary N) is 1. The number of hydrogen-bond donors (Lipinski definition) is 3. The zero-order valence-corrected chi connectivity index (χ0v) is 19.5. The minimum atomic E-state index is -1.19. The van der Waals surface area contributed by atoms with Crippen LogP contribution in [0.4, 0.5) is 11.5 Å². The van der Waals surface area contributed by atoms with Crippen LogP contribution in [-0.4, -0.2) is 22.0 Å². The molecule has 4 N–H and O–H groups in total. The zero-order chi connectivity index (χ0) is 22.4. The zero-order valence-electron chi connectivity index (χ0n) is 17.5. The quantitative estimate of drug-likeness (QED) is 0.418. The van der Waals surface area contributed by atoms with Gasteiger partial charge in [0.2, 0.25) is 5.91 Å². The third-order valence-corrected chi connectivity index (χ3v) is 4.60. The number of phenolic OH excluding ortho intramolecular Hbond substituents is 1. The predicted molar refractivity (Wildman–Crippen MR) is 113 cm³/mol. The minimum Gasteiger partial charge on any atom is -0.550 e. The van der Waals surface area contributed by atoms with Gasteiger partial charge in [-0.2, -0.15) is 5.26 Å². The molecule has 1 aromatic heterocycles. The van der Waals surface area contributed by atoms with Gasteiger partial charge in [-0.3, -0.25) is 4.79 Å². The summed E-state index contributed by atoms with van der Waals surface area (Å²) in [6, 6.07) is 17.2. The number of nitrogens with zero attached hydrogens (tertiary/aromatic N) is 2. The third-order valence-electron chi connectivity index (χ3n) is 4.60. The van der Waals surface area contributed by atoms with Gasteiger partial charge in [0.15, 0.2) is 0 Å². The second kappa shape index (κ2) is 11.3. The summed E-state index contributed by atoms with van der Waals surface area (Å²) in [5.74, 6) is -1.41. The number of rotatable bonds is 7. The van der Waals surface area contributed by atoms with E-state index < -0.39 is 5.97 Å². The van der Waals surface area contributed by atoms with Crippen molar-refractivity contribution >= 4 is 23.4 Å². The molecule has 0 unspecified atom stereocenters. The van der Waals surface area contributed by atoms with E-state index in [1.807, 2.05) is 0 Å². The average Bonchev–Trinajstić information content (AvgIpc) is 2.74. The number of phenols is 1. The normalized spacial score (nSPS) is 9.97. The number of carbonyl (C=O) groups excluding carboxylic acids is 2. The number of carbonyl (C=O) groups is 2. The van der Waals surface area contributed by atoms with E-state index >= 15 is 0 Å². The molecular weight excluding hydrogens is 419 g/mol. The molecule has 0 saturated carbocycles. The molecule has 9 heteroatoms. The summed E-state index contributed by atoms with van der Waals surface area (Å²) in [6.07, 6.45) is 0.0916. The van der Waals surface area contributed by atoms with Crippen molar-refractivity contribution in [3.63, 3.8) is 0 Å². The molecule has 0 saturated heterocycles. The van der Waals surface area contributed by atoms with Crippen LogP contribution in [0.5, 0.6) is 5.75 Å². The molecule has 0 fully saturated rings. The van der Waals surface area contributed by atoms with Crippen molar-refractivity contribution in [2.75, 3.05) is 11.1 Å². The fraction of sp³-hybridized carbons (Fsp3) is 0.130. The van der Waals surface area contributed by atoms with E-state index in [0.29, 0.717) is 28.1 Å². The fourth-order valence-electron chi connectivity index (χ4n) is 3.09. The van der Waals surface area contributed by atoms with Gasteiger partial charge in [-0.05, 0) is 48.7 Å². The number of nitriles is 1. The average molecular weight is 438 g/mol. The number of nitrogen functional groups attached to an aromatic ring is 1. The van der Waals surface area contributed by atoms with Gasteiger partial charge in [0.05, 0.1) is 5.69 Å². The Morgan fingerprint density at radius 3 is 2.41 bits per heavy atom. The first-order valence-electron chi connectivity index (χ1n) is 9.48. The van der Waals surface area contributed by atoms with E-state index in [4.69, 9.17) is 5.73 Å². The number of amides is 1. The summed E-state index contributed by atoms with van der Waals surface area (Å²) in [5.41, 5.74) is 8.87. The number of carboxylic acids is 1. The fourth-order valence-corrected chi connectivity index (χ4v) is 3.09. The van der Waals surface area contributed by atoms with E-state index in [1.165, 1.54) is 6.07 Å². The smallest absolute Gasteiger partial charge is 0.550 e. The first-order valence-corrected chi connectivity index (χ1v) is 9.48. The molecule has 156 valence electrons. The molecule has 0 radical (unpaired) electrons. The van der Waals surface area contributed by atoms with E-state index in [0.717, 1.165) is 0 Å². The number of anilines is 2. The summed E-state index contributed by atoms with van der Waals surface area (Å²) >= 11 is 0. The van der Waals surface area contributed by atoms with E-state index in [2.05, 4.69) is 16.4 Å². The molecule has 1 amide bonds. The maximum atomic E-state index is 11.9. The number of aliphatic carboxylic acids is 1. The van der Waals surface area contributed by atoms with Crippen LogP contribution < -0.4 is 45.7 Å². The number of aromatic hydroxyl groups is 1. The Morgan fingerprint density at radius 2 is 1.78 bits per heavy atom. The van der Waals surface area contributed by atoms with Crippen LogP contribution in [-0.2, 0) is 9.59 Å². The Bertz CT molecular complexity index is 1170. The SMILES string of the molecule is N#Cc1c(-c2ccc(NC(=O)CCCC(=O)[O-])cc2)cc(-c2ccccc2O)nc1N.[Na+]. The first-order chi connectivity index (χ1) is 14.9. The van der Waals surface area contributed by atoms with Crippen LogP contribution in [0.25, 0.3) is 22.4 Å². The summed E-state index contributed by atoms with van der Waals surface area (Å²) in [5, 5.41) is 32.8. The Morgan fingerprint density at radius 1 is 1.09 bits per heavy atom. The van der Waals surface area contributed by atoms with Crippen molar-refractivity contribution in [2.45, 2.75) is 19.3 Å². The number of aromatic nitrogens is 1. The molecule has 0 aliphatic heterocycles. The molecule has 8 nitrogen and oxygen atoms in total. The van der Waals surface area contributed by atoms with Gasteiger partial charge < -0.3 is 26.1 Å². The van der Waals surface area contributed by atoms with Crippen LogP contribution in [0, 0.1) is 11.3 Å². The molecule has 3 rings (SSSR count). The van der Waals surface area contributed by atoms with Crippen LogP contribution in [0.2, 0.25) is 0 Å². The van der Waals surface area contributed by atoms with Gasteiger partial charge in [0.1, 0.15) is 23.2 Å². The van der Waals surface area contributed by atoms with Crippen LogP contribution in [0.1, 0.15) is 24.8 Å². The van der Waals surface area contributed by atoms with E-state index in [1.54, 1.807) is 48.5 Å². The number of benzene rings is 2. The molecule has 0 aliphatic carbocycles. The third kappa shape index (κ3) is 6.08. The topological polar surface area (TPSA) is 152 Å². The Balaban J connectivity index is 0.00000363. The van der Waals surface area contributed by atoms with Gasteiger partial charge >= 0.3 is 29.6 Å². The number of pyridine rings is 1. The van der Waals surface area contributed by atoms with Crippen LogP contribution in [0.3, 0.4) is 0 Å². The van der Waals surface area contributed by atoms with Crippen LogP contribution in [0.15, 0.2) is 54.6 Å².